The van der Waals surface area contributed by atoms with Crippen LogP contribution in [-0.2, 0) is 4.84 Å². The minimum absolute atomic E-state index is 0.311. The van der Waals surface area contributed by atoms with Crippen LogP contribution in [0, 0.1) is 0 Å². The monoisotopic (exact) mass is 272 g/mol. The van der Waals surface area contributed by atoms with E-state index < -0.39 is 0 Å². The number of carbonyl (C=O) groups is 1. The van der Waals surface area contributed by atoms with Gasteiger partial charge in [0.05, 0.1) is 14.2 Å². The average molecular weight is 272 g/mol. The quantitative estimate of drug-likeness (QED) is 0.802. The molecule has 0 saturated carbocycles. The summed E-state index contributed by atoms with van der Waals surface area (Å²) in [4.78, 5) is 21.4. The number of para-hydroxylation sites is 1. The number of nitrogens with zero attached hydrogens (tertiary/aromatic N) is 2. The lowest BCUT2D eigenvalue weighted by atomic mass is 10.0. The maximum atomic E-state index is 12.3. The molecule has 0 fully saturated rings. The van der Waals surface area contributed by atoms with Crippen molar-refractivity contribution in [1.82, 2.24) is 10.0 Å². The van der Waals surface area contributed by atoms with Gasteiger partial charge in [-0.2, -0.15) is 0 Å². The maximum absolute atomic E-state index is 12.3. The van der Waals surface area contributed by atoms with Crippen molar-refractivity contribution in [2.45, 2.75) is 0 Å². The Hall–Kier alpha value is -2.40. The van der Waals surface area contributed by atoms with E-state index in [1.54, 1.807) is 26.4 Å². The Morgan fingerprint density at radius 1 is 1.10 bits per heavy atom. The van der Waals surface area contributed by atoms with E-state index in [0.29, 0.717) is 17.0 Å². The van der Waals surface area contributed by atoms with E-state index >= 15 is 0 Å². The summed E-state index contributed by atoms with van der Waals surface area (Å²) in [5.74, 6) is 0.378. The number of amides is 1. The van der Waals surface area contributed by atoms with E-state index in [0.717, 1.165) is 10.6 Å². The number of benzene rings is 1. The molecule has 5 heteroatoms. The molecule has 0 aliphatic carbocycles. The Morgan fingerprint density at radius 2 is 1.80 bits per heavy atom. The van der Waals surface area contributed by atoms with Crippen LogP contribution in [0.25, 0.3) is 11.1 Å². The van der Waals surface area contributed by atoms with Crippen molar-refractivity contribution in [2.24, 2.45) is 0 Å². The van der Waals surface area contributed by atoms with Crippen molar-refractivity contribution in [3.05, 3.63) is 48.3 Å². The molecule has 0 N–H and O–H groups in total. The average Bonchev–Trinajstić information content (AvgIpc) is 2.53. The van der Waals surface area contributed by atoms with Crippen LogP contribution >= 0.6 is 0 Å². The van der Waals surface area contributed by atoms with Crippen LogP contribution in [-0.4, -0.2) is 37.2 Å². The minimum atomic E-state index is -0.311. The number of carbonyl (C=O) groups excluding carboxylic acids is 1. The molecule has 0 radical (unpaired) electrons. The van der Waals surface area contributed by atoms with Gasteiger partial charge >= 0.3 is 0 Å². The largest absolute Gasteiger partial charge is 0.496 e. The lowest BCUT2D eigenvalue weighted by Gasteiger charge is -2.16. The Balaban J connectivity index is 2.55. The van der Waals surface area contributed by atoms with E-state index in [1.807, 2.05) is 30.3 Å². The molecule has 2 rings (SSSR count). The highest BCUT2D eigenvalue weighted by atomic mass is 16.7. The third-order valence-corrected chi connectivity index (χ3v) is 2.97. The van der Waals surface area contributed by atoms with Gasteiger partial charge < -0.3 is 4.74 Å². The molecular formula is C15H16N2O3. The zero-order chi connectivity index (χ0) is 14.5. The first-order chi connectivity index (χ1) is 9.69. The zero-order valence-electron chi connectivity index (χ0n) is 11.7. The fourth-order valence-corrected chi connectivity index (χ4v) is 1.89. The van der Waals surface area contributed by atoms with Crippen molar-refractivity contribution in [1.29, 1.82) is 0 Å². The Morgan fingerprint density at radius 3 is 2.50 bits per heavy atom. The van der Waals surface area contributed by atoms with Gasteiger partial charge in [0.2, 0.25) is 0 Å². The fraction of sp³-hybridized carbons (Fsp3) is 0.200. The van der Waals surface area contributed by atoms with E-state index in [1.165, 1.54) is 7.11 Å². The van der Waals surface area contributed by atoms with Crippen molar-refractivity contribution < 1.29 is 14.4 Å². The summed E-state index contributed by atoms with van der Waals surface area (Å²) < 4.78 is 5.34. The summed E-state index contributed by atoms with van der Waals surface area (Å²) in [7, 11) is 4.57. The molecule has 0 aliphatic rings. The highest BCUT2D eigenvalue weighted by molar-refractivity contribution is 5.99. The van der Waals surface area contributed by atoms with Gasteiger partial charge in [0.25, 0.3) is 5.91 Å². The topological polar surface area (TPSA) is 51.7 Å². The molecular weight excluding hydrogens is 256 g/mol. The fourth-order valence-electron chi connectivity index (χ4n) is 1.89. The van der Waals surface area contributed by atoms with Gasteiger partial charge in [-0.1, -0.05) is 24.3 Å². The van der Waals surface area contributed by atoms with Gasteiger partial charge in [-0.3, -0.25) is 14.6 Å². The number of hydrogen-bond acceptors (Lipinski definition) is 4. The van der Waals surface area contributed by atoms with Crippen LogP contribution in [0.3, 0.4) is 0 Å². The number of aromatic nitrogens is 1. The van der Waals surface area contributed by atoms with Crippen LogP contribution in [0.4, 0.5) is 0 Å². The number of hydrogen-bond donors (Lipinski definition) is 0. The van der Waals surface area contributed by atoms with E-state index in [4.69, 9.17) is 9.57 Å². The number of ether oxygens (including phenoxy) is 1. The molecule has 0 unspecified atom stereocenters. The zero-order valence-corrected chi connectivity index (χ0v) is 11.7. The summed E-state index contributed by atoms with van der Waals surface area (Å²) in [5.41, 5.74) is 1.84. The van der Waals surface area contributed by atoms with Gasteiger partial charge in [0.15, 0.2) is 0 Å². The number of rotatable bonds is 4. The Kier molecular flexibility index (Phi) is 4.32. The van der Waals surface area contributed by atoms with Gasteiger partial charge in [-0.05, 0) is 12.1 Å². The molecule has 1 amide bonds. The van der Waals surface area contributed by atoms with Crippen LogP contribution in [0.2, 0.25) is 0 Å². The summed E-state index contributed by atoms with van der Waals surface area (Å²) in [6, 6.07) is 11.1. The van der Waals surface area contributed by atoms with Crippen molar-refractivity contribution in [2.75, 3.05) is 21.3 Å². The Labute approximate surface area is 117 Å². The SMILES string of the molecule is COc1ccccc1-c1cccnc1C(=O)N(C)OC. The smallest absolute Gasteiger partial charge is 0.296 e. The van der Waals surface area contributed by atoms with Crippen LogP contribution in [0.1, 0.15) is 10.5 Å². The summed E-state index contributed by atoms with van der Waals surface area (Å²) >= 11 is 0. The molecule has 0 aliphatic heterocycles. The molecule has 0 saturated heterocycles. The van der Waals surface area contributed by atoms with E-state index in [2.05, 4.69) is 4.98 Å². The lowest BCUT2D eigenvalue weighted by molar-refractivity contribution is -0.0759. The second kappa shape index (κ2) is 6.16. The molecule has 5 nitrogen and oxygen atoms in total. The summed E-state index contributed by atoms with van der Waals surface area (Å²) in [6.45, 7) is 0. The third kappa shape index (κ3) is 2.62. The molecule has 0 atom stereocenters. The predicted octanol–water partition coefficient (Wildman–Crippen LogP) is 2.39. The van der Waals surface area contributed by atoms with Crippen LogP contribution in [0.15, 0.2) is 42.6 Å². The van der Waals surface area contributed by atoms with Crippen molar-refractivity contribution in [3.63, 3.8) is 0 Å². The highest BCUT2D eigenvalue weighted by Gasteiger charge is 2.19. The van der Waals surface area contributed by atoms with E-state index in [9.17, 15) is 4.79 Å². The molecule has 1 heterocycles. The first-order valence-electron chi connectivity index (χ1n) is 6.09. The molecule has 1 aromatic heterocycles. The van der Waals surface area contributed by atoms with Crippen LogP contribution in [0.5, 0.6) is 5.75 Å². The second-order valence-corrected chi connectivity index (χ2v) is 4.09. The highest BCUT2D eigenvalue weighted by Crippen LogP contribution is 2.31. The van der Waals surface area contributed by atoms with Gasteiger partial charge in [0, 0.05) is 24.4 Å². The normalized spacial score (nSPS) is 10.2. The number of pyridine rings is 1. The standard InChI is InChI=1S/C15H16N2O3/c1-17(20-3)15(18)14-12(8-6-10-16-14)11-7-4-5-9-13(11)19-2/h4-10H,1-3H3. The molecule has 104 valence electrons. The predicted molar refractivity (Wildman–Crippen MR) is 75.3 cm³/mol. The maximum Gasteiger partial charge on any atom is 0.296 e. The molecule has 20 heavy (non-hydrogen) atoms. The van der Waals surface area contributed by atoms with Crippen LogP contribution < -0.4 is 4.74 Å². The minimum Gasteiger partial charge on any atom is -0.496 e. The third-order valence-electron chi connectivity index (χ3n) is 2.97. The number of methoxy groups -OCH3 is 1. The first-order valence-corrected chi connectivity index (χ1v) is 6.09. The van der Waals surface area contributed by atoms with Gasteiger partial charge in [-0.15, -0.1) is 0 Å². The molecule has 2 aromatic rings. The summed E-state index contributed by atoms with van der Waals surface area (Å²) in [5, 5.41) is 1.14. The van der Waals surface area contributed by atoms with E-state index in [-0.39, 0.29) is 5.91 Å². The lowest BCUT2D eigenvalue weighted by Crippen LogP contribution is -2.26. The molecule has 0 bridgehead atoms. The molecule has 0 spiro atoms. The summed E-state index contributed by atoms with van der Waals surface area (Å²) in [6.07, 6.45) is 1.58. The number of hydroxylamine groups is 2. The van der Waals surface area contributed by atoms with Gasteiger partial charge in [-0.25, -0.2) is 5.06 Å². The Bertz CT molecular complexity index is 614. The van der Waals surface area contributed by atoms with Crippen molar-refractivity contribution in [3.8, 4) is 16.9 Å². The van der Waals surface area contributed by atoms with Crippen molar-refractivity contribution >= 4 is 5.91 Å². The first kappa shape index (κ1) is 14.0. The van der Waals surface area contributed by atoms with Gasteiger partial charge in [0.1, 0.15) is 11.4 Å². The molecule has 1 aromatic carbocycles. The second-order valence-electron chi connectivity index (χ2n) is 4.09.